The number of rotatable bonds is 0. The third kappa shape index (κ3) is 1.33. The molecule has 0 unspecified atom stereocenters. The number of hydrogen-bond acceptors (Lipinski definition) is 1. The highest BCUT2D eigenvalue weighted by atomic mass is 16.3. The van der Waals surface area contributed by atoms with E-state index < -0.39 is 0 Å². The van der Waals surface area contributed by atoms with E-state index in [9.17, 15) is 5.11 Å². The smallest absolute Gasteiger partial charge is 0.130 e. The number of fused-ring (bicyclic) bond motifs is 2. The summed E-state index contributed by atoms with van der Waals surface area (Å²) in [5.41, 5.74) is 2.12. The van der Waals surface area contributed by atoms with Gasteiger partial charge in [-0.15, -0.1) is 0 Å². The Hall–Kier alpha value is -2.02. The number of benzene rings is 1. The van der Waals surface area contributed by atoms with Crippen LogP contribution in [-0.4, -0.2) is 5.11 Å². The molecule has 1 nitrogen and oxygen atoms in total. The largest absolute Gasteiger partial charge is 0.507 e. The highest BCUT2D eigenvalue weighted by Crippen LogP contribution is 2.25. The molecule has 0 aromatic heterocycles. The molecule has 3 rings (SSSR count). The van der Waals surface area contributed by atoms with Crippen molar-refractivity contribution in [3.63, 3.8) is 0 Å². The van der Waals surface area contributed by atoms with Crippen molar-refractivity contribution in [3.8, 4) is 0 Å². The van der Waals surface area contributed by atoms with Gasteiger partial charge < -0.3 is 5.11 Å². The third-order valence-corrected chi connectivity index (χ3v) is 3.02. The summed E-state index contributed by atoms with van der Waals surface area (Å²) in [5, 5.41) is 12.3. The normalized spacial score (nSPS) is 17.6. The van der Waals surface area contributed by atoms with Crippen LogP contribution in [0.25, 0.3) is 11.8 Å². The Labute approximate surface area is 94.1 Å². The molecular formula is C15H12O. The van der Waals surface area contributed by atoms with Crippen LogP contribution in [-0.2, 0) is 0 Å². The minimum atomic E-state index is 0.389. The second kappa shape index (κ2) is 3.53. The van der Waals surface area contributed by atoms with Gasteiger partial charge in [0.1, 0.15) is 5.76 Å². The third-order valence-electron chi connectivity index (χ3n) is 3.02. The predicted molar refractivity (Wildman–Crippen MR) is 66.1 cm³/mol. The van der Waals surface area contributed by atoms with Gasteiger partial charge in [-0.3, -0.25) is 0 Å². The number of aliphatic hydroxyl groups is 1. The summed E-state index contributed by atoms with van der Waals surface area (Å²) >= 11 is 0. The number of hydrogen-bond donors (Lipinski definition) is 1. The van der Waals surface area contributed by atoms with Crippen LogP contribution >= 0.6 is 0 Å². The zero-order valence-electron chi connectivity index (χ0n) is 8.85. The first-order valence-electron chi connectivity index (χ1n) is 5.43. The van der Waals surface area contributed by atoms with Crippen molar-refractivity contribution in [3.05, 3.63) is 70.2 Å². The average molecular weight is 208 g/mol. The first kappa shape index (κ1) is 9.22. The van der Waals surface area contributed by atoms with E-state index in [1.807, 2.05) is 36.4 Å². The number of aliphatic hydroxyl groups excluding tert-OH is 1. The topological polar surface area (TPSA) is 20.2 Å². The van der Waals surface area contributed by atoms with Gasteiger partial charge in [-0.2, -0.15) is 0 Å². The minimum absolute atomic E-state index is 0.389. The molecule has 1 aromatic carbocycles. The Bertz CT molecular complexity index is 642. The minimum Gasteiger partial charge on any atom is -0.507 e. The van der Waals surface area contributed by atoms with E-state index in [-0.39, 0.29) is 0 Å². The van der Waals surface area contributed by atoms with Crippen LogP contribution in [0.2, 0.25) is 0 Å². The van der Waals surface area contributed by atoms with Gasteiger partial charge in [0, 0.05) is 10.8 Å². The molecule has 0 amide bonds. The van der Waals surface area contributed by atoms with Crippen molar-refractivity contribution in [1.29, 1.82) is 0 Å². The second-order valence-electron chi connectivity index (χ2n) is 4.01. The standard InChI is InChI=1S/C15H12O/c16-15-13-7-3-1-5-11(13)9-10-12-6-2-4-8-14(12)15/h1-5,7-10,16H,6H2. The van der Waals surface area contributed by atoms with Gasteiger partial charge in [0.05, 0.1) is 0 Å². The summed E-state index contributed by atoms with van der Waals surface area (Å²) in [7, 11) is 0. The van der Waals surface area contributed by atoms with E-state index in [2.05, 4.69) is 18.2 Å². The maximum absolute atomic E-state index is 10.3. The van der Waals surface area contributed by atoms with E-state index in [1.54, 1.807) is 0 Å². The maximum Gasteiger partial charge on any atom is 0.130 e. The summed E-state index contributed by atoms with van der Waals surface area (Å²) in [6.07, 6.45) is 11.1. The van der Waals surface area contributed by atoms with Crippen LogP contribution in [0.4, 0.5) is 0 Å². The quantitative estimate of drug-likeness (QED) is 0.691. The summed E-state index contributed by atoms with van der Waals surface area (Å²) in [6.45, 7) is 0. The zero-order valence-corrected chi connectivity index (χ0v) is 8.85. The van der Waals surface area contributed by atoms with Crippen molar-refractivity contribution in [2.45, 2.75) is 6.42 Å². The lowest BCUT2D eigenvalue weighted by molar-refractivity contribution is 0.505. The second-order valence-corrected chi connectivity index (χ2v) is 4.01. The molecule has 0 atom stereocenters. The van der Waals surface area contributed by atoms with Crippen LogP contribution in [0, 0.1) is 0 Å². The Balaban J connectivity index is 2.41. The Kier molecular flexibility index (Phi) is 2.03. The molecule has 0 bridgehead atoms. The van der Waals surface area contributed by atoms with Crippen molar-refractivity contribution >= 4 is 11.8 Å². The lowest BCUT2D eigenvalue weighted by Crippen LogP contribution is -2.26. The fraction of sp³-hybridized carbons (Fsp3) is 0.0667. The lowest BCUT2D eigenvalue weighted by atomic mass is 9.96. The van der Waals surface area contributed by atoms with Gasteiger partial charge in [0.2, 0.25) is 0 Å². The molecule has 16 heavy (non-hydrogen) atoms. The van der Waals surface area contributed by atoms with Crippen LogP contribution < -0.4 is 10.4 Å². The summed E-state index contributed by atoms with van der Waals surface area (Å²) < 4.78 is 0. The molecule has 1 heteroatoms. The molecule has 2 aliphatic carbocycles. The van der Waals surface area contributed by atoms with E-state index >= 15 is 0 Å². The van der Waals surface area contributed by atoms with Crippen LogP contribution in [0.15, 0.2) is 59.7 Å². The summed E-state index contributed by atoms with van der Waals surface area (Å²) in [5.74, 6) is 0.389. The molecule has 0 saturated carbocycles. The average Bonchev–Trinajstić information content (AvgIpc) is 2.49. The Morgan fingerprint density at radius 1 is 1.00 bits per heavy atom. The van der Waals surface area contributed by atoms with Crippen LogP contribution in [0.3, 0.4) is 0 Å². The molecule has 0 aliphatic heterocycles. The van der Waals surface area contributed by atoms with E-state index in [0.29, 0.717) is 5.76 Å². The zero-order chi connectivity index (χ0) is 11.0. The highest BCUT2D eigenvalue weighted by Gasteiger charge is 2.13. The fourth-order valence-electron chi connectivity index (χ4n) is 2.16. The van der Waals surface area contributed by atoms with Crippen LogP contribution in [0.5, 0.6) is 0 Å². The van der Waals surface area contributed by atoms with Gasteiger partial charge in [0.15, 0.2) is 0 Å². The van der Waals surface area contributed by atoms with E-state index in [1.165, 1.54) is 5.57 Å². The lowest BCUT2D eigenvalue weighted by Gasteiger charge is -2.11. The van der Waals surface area contributed by atoms with E-state index in [4.69, 9.17) is 0 Å². The molecule has 1 aromatic rings. The molecule has 0 radical (unpaired) electrons. The van der Waals surface area contributed by atoms with E-state index in [0.717, 1.165) is 22.4 Å². The van der Waals surface area contributed by atoms with Crippen molar-refractivity contribution in [1.82, 2.24) is 0 Å². The SMILES string of the molecule is OC1=c2ccccc2=CC=C2CC=CC=C21. The molecular weight excluding hydrogens is 196 g/mol. The Morgan fingerprint density at radius 2 is 1.88 bits per heavy atom. The molecule has 0 fully saturated rings. The van der Waals surface area contributed by atoms with Crippen LogP contribution in [0.1, 0.15) is 6.42 Å². The summed E-state index contributed by atoms with van der Waals surface area (Å²) in [6, 6.07) is 7.92. The molecule has 1 N–H and O–H groups in total. The molecule has 0 saturated heterocycles. The van der Waals surface area contributed by atoms with Crippen molar-refractivity contribution < 1.29 is 5.11 Å². The molecule has 78 valence electrons. The fourth-order valence-corrected chi connectivity index (χ4v) is 2.16. The maximum atomic E-state index is 10.3. The molecule has 0 heterocycles. The predicted octanol–water partition coefficient (Wildman–Crippen LogP) is 1.96. The highest BCUT2D eigenvalue weighted by molar-refractivity contribution is 5.71. The Morgan fingerprint density at radius 3 is 2.81 bits per heavy atom. The first-order valence-corrected chi connectivity index (χ1v) is 5.43. The molecule has 2 aliphatic rings. The van der Waals surface area contributed by atoms with Gasteiger partial charge >= 0.3 is 0 Å². The van der Waals surface area contributed by atoms with Crippen molar-refractivity contribution in [2.75, 3.05) is 0 Å². The van der Waals surface area contributed by atoms with Gasteiger partial charge in [-0.25, -0.2) is 0 Å². The summed E-state index contributed by atoms with van der Waals surface area (Å²) in [4.78, 5) is 0. The first-order chi connectivity index (χ1) is 7.86. The monoisotopic (exact) mass is 208 g/mol. The number of allylic oxidation sites excluding steroid dienone is 4. The van der Waals surface area contributed by atoms with Crippen molar-refractivity contribution in [2.24, 2.45) is 0 Å². The molecule has 0 spiro atoms. The van der Waals surface area contributed by atoms with Gasteiger partial charge in [-0.1, -0.05) is 54.6 Å². The van der Waals surface area contributed by atoms with Gasteiger partial charge in [0.25, 0.3) is 0 Å². The van der Waals surface area contributed by atoms with Gasteiger partial charge in [-0.05, 0) is 17.2 Å².